The molecule has 0 aromatic heterocycles. The van der Waals surface area contributed by atoms with Gasteiger partial charge in [-0.05, 0) is 13.3 Å². The third-order valence-corrected chi connectivity index (χ3v) is 0.706. The van der Waals surface area contributed by atoms with Crippen LogP contribution in [0.25, 0.3) is 0 Å². The molecule has 0 aliphatic rings. The fourth-order valence-corrected chi connectivity index (χ4v) is 0.418. The molecule has 0 aromatic rings. The fraction of sp³-hybridized carbons (Fsp3) is 1.00. The summed E-state index contributed by atoms with van der Waals surface area (Å²) in [6.07, 6.45) is 1.91. The molecule has 1 atom stereocenters. The Kier molecular flexibility index (Phi) is 9.68. The zero-order valence-corrected chi connectivity index (χ0v) is 5.68. The van der Waals surface area contributed by atoms with Crippen LogP contribution in [-0.4, -0.2) is 11.2 Å². The Morgan fingerprint density at radius 3 is 2.00 bits per heavy atom. The summed E-state index contributed by atoms with van der Waals surface area (Å²) in [5.41, 5.74) is 0. The van der Waals surface area contributed by atoms with Gasteiger partial charge in [-0.15, -0.1) is 0 Å². The van der Waals surface area contributed by atoms with E-state index in [1.807, 2.05) is 6.92 Å². The van der Waals surface area contributed by atoms with Crippen LogP contribution in [0.1, 0.15) is 26.7 Å². The van der Waals surface area contributed by atoms with Crippen molar-refractivity contribution in [3.63, 3.8) is 0 Å². The SMILES string of the molecule is CCCC(C)O.[Cu]. The summed E-state index contributed by atoms with van der Waals surface area (Å²) in [7, 11) is 0. The summed E-state index contributed by atoms with van der Waals surface area (Å²) in [6.45, 7) is 3.87. The average molecular weight is 152 g/mol. The van der Waals surface area contributed by atoms with Crippen molar-refractivity contribution in [3.8, 4) is 0 Å². The molecule has 0 aliphatic heterocycles. The maximum absolute atomic E-state index is 8.55. The van der Waals surface area contributed by atoms with Gasteiger partial charge in [-0.25, -0.2) is 0 Å². The molecule has 0 spiro atoms. The molecule has 0 aliphatic carbocycles. The Bertz CT molecular complexity index is 29.3. The van der Waals surface area contributed by atoms with Crippen LogP contribution in [0.4, 0.5) is 0 Å². The molecule has 0 bridgehead atoms. The maximum atomic E-state index is 8.55. The molecule has 49 valence electrons. The molecule has 0 fully saturated rings. The normalized spacial score (nSPS) is 12.4. The van der Waals surface area contributed by atoms with E-state index in [9.17, 15) is 0 Å². The van der Waals surface area contributed by atoms with Crippen LogP contribution >= 0.6 is 0 Å². The van der Waals surface area contributed by atoms with Crippen LogP contribution < -0.4 is 0 Å². The number of hydrogen-bond donors (Lipinski definition) is 1. The Balaban J connectivity index is 0. The average Bonchev–Trinajstić information content (AvgIpc) is 1.35. The van der Waals surface area contributed by atoms with Gasteiger partial charge >= 0.3 is 0 Å². The first kappa shape index (κ1) is 10.5. The van der Waals surface area contributed by atoms with Gasteiger partial charge in [0.2, 0.25) is 0 Å². The first-order valence-corrected chi connectivity index (χ1v) is 2.45. The summed E-state index contributed by atoms with van der Waals surface area (Å²) in [5.74, 6) is 0. The minimum absolute atomic E-state index is 0. The van der Waals surface area contributed by atoms with E-state index in [-0.39, 0.29) is 23.2 Å². The molecule has 1 nitrogen and oxygen atoms in total. The zero-order chi connectivity index (χ0) is 4.99. The predicted octanol–water partition coefficient (Wildman–Crippen LogP) is 1.16. The van der Waals surface area contributed by atoms with Gasteiger partial charge in [-0.1, -0.05) is 13.3 Å². The quantitative estimate of drug-likeness (QED) is 0.588. The molecule has 0 saturated heterocycles. The third kappa shape index (κ3) is 10.7. The molecule has 1 N–H and O–H groups in total. The van der Waals surface area contributed by atoms with E-state index in [2.05, 4.69) is 6.92 Å². The standard InChI is InChI=1S/C5H12O.Cu/c1-3-4-5(2)6;/h5-6H,3-4H2,1-2H3;. The largest absolute Gasteiger partial charge is 0.393 e. The summed E-state index contributed by atoms with van der Waals surface area (Å²) < 4.78 is 0. The van der Waals surface area contributed by atoms with Crippen molar-refractivity contribution >= 4 is 0 Å². The first-order chi connectivity index (χ1) is 2.77. The van der Waals surface area contributed by atoms with Crippen LogP contribution in [0, 0.1) is 0 Å². The first-order valence-electron chi connectivity index (χ1n) is 2.45. The smallest absolute Gasteiger partial charge is 0.0512 e. The van der Waals surface area contributed by atoms with Gasteiger partial charge in [-0.2, -0.15) is 0 Å². The van der Waals surface area contributed by atoms with E-state index < -0.39 is 0 Å². The topological polar surface area (TPSA) is 20.2 Å². The van der Waals surface area contributed by atoms with E-state index >= 15 is 0 Å². The van der Waals surface area contributed by atoms with E-state index in [4.69, 9.17) is 5.11 Å². The van der Waals surface area contributed by atoms with E-state index in [1.165, 1.54) is 0 Å². The number of hydrogen-bond acceptors (Lipinski definition) is 1. The van der Waals surface area contributed by atoms with Crippen molar-refractivity contribution in [1.29, 1.82) is 0 Å². The van der Waals surface area contributed by atoms with E-state index in [0.29, 0.717) is 0 Å². The second kappa shape index (κ2) is 6.48. The minimum atomic E-state index is -0.102. The van der Waals surface area contributed by atoms with Crippen molar-refractivity contribution in [2.24, 2.45) is 0 Å². The Morgan fingerprint density at radius 1 is 1.57 bits per heavy atom. The summed E-state index contributed by atoms with van der Waals surface area (Å²) >= 11 is 0. The summed E-state index contributed by atoms with van der Waals surface area (Å²) in [4.78, 5) is 0. The van der Waals surface area contributed by atoms with Crippen LogP contribution in [0.15, 0.2) is 0 Å². The van der Waals surface area contributed by atoms with Gasteiger partial charge in [0.1, 0.15) is 0 Å². The second-order valence-corrected chi connectivity index (χ2v) is 1.64. The number of aliphatic hydroxyl groups excluding tert-OH is 1. The van der Waals surface area contributed by atoms with E-state index in [1.54, 1.807) is 0 Å². The van der Waals surface area contributed by atoms with Crippen LogP contribution in [0.2, 0.25) is 0 Å². The monoisotopic (exact) mass is 151 g/mol. The molecule has 7 heavy (non-hydrogen) atoms. The number of rotatable bonds is 2. The van der Waals surface area contributed by atoms with Crippen molar-refractivity contribution in [2.75, 3.05) is 0 Å². The van der Waals surface area contributed by atoms with Crippen molar-refractivity contribution in [1.82, 2.24) is 0 Å². The van der Waals surface area contributed by atoms with Gasteiger partial charge in [0.15, 0.2) is 0 Å². The van der Waals surface area contributed by atoms with Gasteiger partial charge in [-0.3, -0.25) is 0 Å². The number of aliphatic hydroxyl groups is 1. The Hall–Kier alpha value is 0.479. The van der Waals surface area contributed by atoms with Crippen molar-refractivity contribution < 1.29 is 22.2 Å². The molecule has 2 heteroatoms. The van der Waals surface area contributed by atoms with Gasteiger partial charge in [0.25, 0.3) is 0 Å². The Morgan fingerprint density at radius 2 is 2.00 bits per heavy atom. The fourth-order valence-electron chi connectivity index (χ4n) is 0.418. The van der Waals surface area contributed by atoms with Gasteiger partial charge in [0, 0.05) is 17.1 Å². The molecule has 0 heterocycles. The van der Waals surface area contributed by atoms with Gasteiger partial charge in [0.05, 0.1) is 6.10 Å². The third-order valence-electron chi connectivity index (χ3n) is 0.706. The molecule has 0 aromatic carbocycles. The van der Waals surface area contributed by atoms with Crippen LogP contribution in [0.3, 0.4) is 0 Å². The second-order valence-electron chi connectivity index (χ2n) is 1.64. The summed E-state index contributed by atoms with van der Waals surface area (Å²) in [5, 5.41) is 8.55. The molecular formula is C5H12CuO. The zero-order valence-electron chi connectivity index (χ0n) is 4.74. The summed E-state index contributed by atoms with van der Waals surface area (Å²) in [6, 6.07) is 0. The Labute approximate surface area is 55.6 Å². The molecule has 0 rings (SSSR count). The molecule has 1 radical (unpaired) electrons. The van der Waals surface area contributed by atoms with Crippen molar-refractivity contribution in [3.05, 3.63) is 0 Å². The van der Waals surface area contributed by atoms with Crippen molar-refractivity contribution in [2.45, 2.75) is 32.8 Å². The van der Waals surface area contributed by atoms with E-state index in [0.717, 1.165) is 12.8 Å². The van der Waals surface area contributed by atoms with Crippen LogP contribution in [0.5, 0.6) is 0 Å². The molecule has 0 amide bonds. The molecule has 1 unspecified atom stereocenters. The maximum Gasteiger partial charge on any atom is 0.0512 e. The van der Waals surface area contributed by atoms with Crippen LogP contribution in [-0.2, 0) is 17.1 Å². The van der Waals surface area contributed by atoms with Gasteiger partial charge < -0.3 is 5.11 Å². The molecular weight excluding hydrogens is 140 g/mol. The predicted molar refractivity (Wildman–Crippen MR) is 26.6 cm³/mol. The minimum Gasteiger partial charge on any atom is -0.393 e. The molecule has 0 saturated carbocycles.